The second-order valence-electron chi connectivity index (χ2n) is 6.52. The highest BCUT2D eigenvalue weighted by atomic mass is 32.2. The maximum Gasteiger partial charge on any atom is 0.133 e. The van der Waals surface area contributed by atoms with Crippen LogP contribution < -0.4 is 9.47 Å². The lowest BCUT2D eigenvalue weighted by Gasteiger charge is -2.14. The average molecular weight is 421 g/mol. The Hall–Kier alpha value is -1.34. The number of benzene rings is 2. The minimum absolute atomic E-state index is 0.526. The van der Waals surface area contributed by atoms with E-state index in [1.807, 2.05) is 6.07 Å². The van der Waals surface area contributed by atoms with Gasteiger partial charge in [-0.2, -0.15) is 0 Å². The second kappa shape index (κ2) is 11.6. The summed E-state index contributed by atoms with van der Waals surface area (Å²) in [5.74, 6) is 3.64. The molecular formula is C22H28O4S2. The highest BCUT2D eigenvalue weighted by molar-refractivity contribution is 7.99. The van der Waals surface area contributed by atoms with E-state index >= 15 is 0 Å². The van der Waals surface area contributed by atoms with Crippen LogP contribution in [-0.2, 0) is 9.47 Å². The zero-order chi connectivity index (χ0) is 19.6. The van der Waals surface area contributed by atoms with Gasteiger partial charge in [-0.1, -0.05) is 12.1 Å². The van der Waals surface area contributed by atoms with Gasteiger partial charge in [0, 0.05) is 21.3 Å². The van der Waals surface area contributed by atoms with E-state index in [9.17, 15) is 0 Å². The standard InChI is InChI=1S/C22H28O4S2/c1-17-4-6-21-20(15-17)26-10-8-23-7-9-25-19-5-3-18(2)16-22(19)28-14-12-24-11-13-27-21/h3-6,15-16H,7-14H2,1-2H3. The molecule has 0 spiro atoms. The summed E-state index contributed by atoms with van der Waals surface area (Å²) in [6, 6.07) is 12.6. The van der Waals surface area contributed by atoms with Gasteiger partial charge in [0.2, 0.25) is 0 Å². The van der Waals surface area contributed by atoms with Gasteiger partial charge in [0.05, 0.1) is 26.4 Å². The Balaban J connectivity index is 1.60. The number of aryl methyl sites for hydroxylation is 2. The van der Waals surface area contributed by atoms with Crippen LogP contribution >= 0.6 is 23.5 Å². The summed E-state index contributed by atoms with van der Waals surface area (Å²) in [6.45, 7) is 7.76. The lowest BCUT2D eigenvalue weighted by Crippen LogP contribution is -2.13. The van der Waals surface area contributed by atoms with E-state index in [0.717, 1.165) is 46.0 Å². The van der Waals surface area contributed by atoms with Crippen molar-refractivity contribution >= 4 is 23.5 Å². The Labute approximate surface area is 176 Å². The van der Waals surface area contributed by atoms with Crippen LogP contribution in [0.25, 0.3) is 0 Å². The van der Waals surface area contributed by atoms with Crippen molar-refractivity contribution in [2.75, 3.05) is 51.1 Å². The van der Waals surface area contributed by atoms with Gasteiger partial charge >= 0.3 is 0 Å². The first-order valence-corrected chi connectivity index (χ1v) is 11.6. The molecule has 1 heterocycles. The maximum atomic E-state index is 5.95. The molecule has 0 atom stereocenters. The van der Waals surface area contributed by atoms with E-state index in [4.69, 9.17) is 18.9 Å². The molecule has 0 unspecified atom stereocenters. The molecule has 1 aliphatic heterocycles. The molecular weight excluding hydrogens is 392 g/mol. The Kier molecular flexibility index (Phi) is 8.86. The third-order valence-electron chi connectivity index (χ3n) is 4.14. The van der Waals surface area contributed by atoms with Gasteiger partial charge in [-0.05, 0) is 49.2 Å². The zero-order valence-electron chi connectivity index (χ0n) is 16.6. The van der Waals surface area contributed by atoms with Crippen LogP contribution in [0.5, 0.6) is 11.5 Å². The molecule has 1 aliphatic rings. The molecule has 0 aromatic heterocycles. The Bertz CT molecular complexity index is 688. The zero-order valence-corrected chi connectivity index (χ0v) is 18.2. The number of fused-ring (bicyclic) bond motifs is 2. The Morgan fingerprint density at radius 2 is 1.21 bits per heavy atom. The molecule has 0 amide bonds. The van der Waals surface area contributed by atoms with Crippen molar-refractivity contribution in [3.05, 3.63) is 47.5 Å². The van der Waals surface area contributed by atoms with Gasteiger partial charge in [0.15, 0.2) is 0 Å². The van der Waals surface area contributed by atoms with Crippen molar-refractivity contribution in [1.29, 1.82) is 0 Å². The van der Waals surface area contributed by atoms with E-state index in [1.54, 1.807) is 23.5 Å². The highest BCUT2D eigenvalue weighted by Crippen LogP contribution is 2.31. The van der Waals surface area contributed by atoms with E-state index < -0.39 is 0 Å². The molecule has 0 fully saturated rings. The number of ether oxygens (including phenoxy) is 4. The van der Waals surface area contributed by atoms with Crippen LogP contribution in [0.2, 0.25) is 0 Å². The molecule has 2 aromatic carbocycles. The molecule has 152 valence electrons. The van der Waals surface area contributed by atoms with Gasteiger partial charge in [-0.25, -0.2) is 0 Å². The lowest BCUT2D eigenvalue weighted by molar-refractivity contribution is 0.0751. The largest absolute Gasteiger partial charge is 0.490 e. The first-order chi connectivity index (χ1) is 13.7. The summed E-state index contributed by atoms with van der Waals surface area (Å²) >= 11 is 3.55. The summed E-state index contributed by atoms with van der Waals surface area (Å²) in [5, 5.41) is 0. The van der Waals surface area contributed by atoms with Gasteiger partial charge in [-0.3, -0.25) is 0 Å². The normalized spacial score (nSPS) is 17.2. The molecule has 3 rings (SSSR count). The fourth-order valence-electron chi connectivity index (χ4n) is 2.74. The minimum atomic E-state index is 0.526. The topological polar surface area (TPSA) is 36.9 Å². The molecule has 6 heteroatoms. The predicted octanol–water partition coefficient (Wildman–Crippen LogP) is 4.99. The van der Waals surface area contributed by atoms with E-state index in [2.05, 4.69) is 44.2 Å². The molecule has 0 bridgehead atoms. The monoisotopic (exact) mass is 420 g/mol. The number of thioether (sulfide) groups is 2. The number of hydrogen-bond acceptors (Lipinski definition) is 6. The van der Waals surface area contributed by atoms with Crippen molar-refractivity contribution < 1.29 is 18.9 Å². The molecule has 0 radical (unpaired) electrons. The van der Waals surface area contributed by atoms with Gasteiger partial charge in [-0.15, -0.1) is 23.5 Å². The Morgan fingerprint density at radius 3 is 2.00 bits per heavy atom. The molecule has 0 saturated heterocycles. The van der Waals surface area contributed by atoms with Crippen LogP contribution in [0, 0.1) is 13.8 Å². The van der Waals surface area contributed by atoms with E-state index in [-0.39, 0.29) is 0 Å². The highest BCUT2D eigenvalue weighted by Gasteiger charge is 2.08. The first kappa shape index (κ1) is 21.4. The summed E-state index contributed by atoms with van der Waals surface area (Å²) in [4.78, 5) is 2.31. The molecule has 2 aromatic rings. The number of hydrogen-bond donors (Lipinski definition) is 0. The van der Waals surface area contributed by atoms with Crippen LogP contribution in [0.3, 0.4) is 0 Å². The summed E-state index contributed by atoms with van der Waals surface area (Å²) in [5.41, 5.74) is 2.43. The Morgan fingerprint density at radius 1 is 0.607 bits per heavy atom. The summed E-state index contributed by atoms with van der Waals surface area (Å²) in [7, 11) is 0. The van der Waals surface area contributed by atoms with Gasteiger partial charge in [0.25, 0.3) is 0 Å². The van der Waals surface area contributed by atoms with Crippen LogP contribution in [0.1, 0.15) is 11.1 Å². The first-order valence-electron chi connectivity index (χ1n) is 9.60. The van der Waals surface area contributed by atoms with Crippen LogP contribution in [0.15, 0.2) is 46.2 Å². The fourth-order valence-corrected chi connectivity index (χ4v) is 4.55. The smallest absolute Gasteiger partial charge is 0.133 e. The predicted molar refractivity (Wildman–Crippen MR) is 116 cm³/mol. The maximum absolute atomic E-state index is 5.95. The summed E-state index contributed by atoms with van der Waals surface area (Å²) < 4.78 is 23.4. The minimum Gasteiger partial charge on any atom is -0.490 e. The average Bonchev–Trinajstić information content (AvgIpc) is 2.68. The molecule has 0 aliphatic carbocycles. The summed E-state index contributed by atoms with van der Waals surface area (Å²) in [6.07, 6.45) is 0. The van der Waals surface area contributed by atoms with Crippen molar-refractivity contribution in [3.8, 4) is 11.5 Å². The van der Waals surface area contributed by atoms with Crippen molar-refractivity contribution in [2.24, 2.45) is 0 Å². The third kappa shape index (κ3) is 6.92. The SMILES string of the molecule is Cc1ccc2c(c1)OCCOCCOc1ccc(C)cc1SCCOCCS2. The second-order valence-corrected chi connectivity index (χ2v) is 8.79. The van der Waals surface area contributed by atoms with Crippen molar-refractivity contribution in [3.63, 3.8) is 0 Å². The molecule has 4 nitrogen and oxygen atoms in total. The quantitative estimate of drug-likeness (QED) is 0.597. The number of rotatable bonds is 0. The lowest BCUT2D eigenvalue weighted by atomic mass is 10.2. The van der Waals surface area contributed by atoms with E-state index in [1.165, 1.54) is 11.1 Å². The van der Waals surface area contributed by atoms with Crippen LogP contribution in [0.4, 0.5) is 0 Å². The van der Waals surface area contributed by atoms with Gasteiger partial charge in [0.1, 0.15) is 24.7 Å². The molecule has 0 N–H and O–H groups in total. The van der Waals surface area contributed by atoms with Gasteiger partial charge < -0.3 is 18.9 Å². The third-order valence-corrected chi connectivity index (χ3v) is 6.16. The van der Waals surface area contributed by atoms with Crippen molar-refractivity contribution in [2.45, 2.75) is 23.6 Å². The van der Waals surface area contributed by atoms with Crippen molar-refractivity contribution in [1.82, 2.24) is 0 Å². The molecule has 28 heavy (non-hydrogen) atoms. The van der Waals surface area contributed by atoms with Crippen LogP contribution in [-0.4, -0.2) is 51.1 Å². The fraction of sp³-hybridized carbons (Fsp3) is 0.455. The molecule has 0 saturated carbocycles. The van der Waals surface area contributed by atoms with E-state index in [0.29, 0.717) is 26.4 Å².